The second-order valence-corrected chi connectivity index (χ2v) is 4.97. The lowest BCUT2D eigenvalue weighted by molar-refractivity contribution is 0.100. The highest BCUT2D eigenvalue weighted by Crippen LogP contribution is 2.26. The fraction of sp³-hybridized carbons (Fsp3) is 0.0833. The second-order valence-electron chi connectivity index (χ2n) is 3.91. The molecule has 0 saturated heterocycles. The average Bonchev–Trinajstić information content (AvgIpc) is 2.30. The van der Waals surface area contributed by atoms with Crippen molar-refractivity contribution in [2.24, 2.45) is 5.73 Å². The lowest BCUT2D eigenvalue weighted by Crippen LogP contribution is -2.13. The van der Waals surface area contributed by atoms with Gasteiger partial charge in [0.15, 0.2) is 5.16 Å². The molecule has 1 amide bonds. The van der Waals surface area contributed by atoms with Crippen molar-refractivity contribution in [1.29, 1.82) is 0 Å². The zero-order valence-corrected chi connectivity index (χ0v) is 11.0. The Labute approximate surface area is 113 Å². The summed E-state index contributed by atoms with van der Waals surface area (Å²) in [5, 5.41) is 0.449. The van der Waals surface area contributed by atoms with Gasteiger partial charge < -0.3 is 16.5 Å². The van der Waals surface area contributed by atoms with Crippen LogP contribution >= 0.6 is 11.8 Å². The Morgan fingerprint density at radius 2 is 2.11 bits per heavy atom. The number of nitrogen functional groups attached to an aromatic ring is 1. The zero-order valence-electron chi connectivity index (χ0n) is 10.1. The fourth-order valence-electron chi connectivity index (χ4n) is 1.52. The number of primary amides is 1. The molecule has 0 bridgehead atoms. The molecule has 0 atom stereocenters. The molecule has 98 valence electrons. The smallest absolute Gasteiger partial charge is 0.251 e. The number of nitrogens with two attached hydrogens (primary N) is 2. The molecule has 0 aliphatic heterocycles. The van der Waals surface area contributed by atoms with Gasteiger partial charge in [0.05, 0.1) is 5.56 Å². The highest BCUT2D eigenvalue weighted by atomic mass is 32.2. The quantitative estimate of drug-likeness (QED) is 0.569. The van der Waals surface area contributed by atoms with Gasteiger partial charge in [-0.25, -0.2) is 4.98 Å². The summed E-state index contributed by atoms with van der Waals surface area (Å²) in [4.78, 5) is 30.0. The van der Waals surface area contributed by atoms with E-state index in [1.165, 1.54) is 17.8 Å². The first-order valence-electron chi connectivity index (χ1n) is 5.41. The van der Waals surface area contributed by atoms with Gasteiger partial charge in [-0.15, -0.1) is 0 Å². The van der Waals surface area contributed by atoms with Crippen molar-refractivity contribution in [3.63, 3.8) is 0 Å². The highest BCUT2D eigenvalue weighted by Gasteiger charge is 2.08. The molecule has 2 aromatic rings. The van der Waals surface area contributed by atoms with E-state index in [0.717, 1.165) is 4.90 Å². The van der Waals surface area contributed by atoms with Crippen LogP contribution in [0.5, 0.6) is 0 Å². The number of carbonyl (C=O) groups excluding carboxylic acids is 1. The normalized spacial score (nSPS) is 10.4. The van der Waals surface area contributed by atoms with Crippen LogP contribution in [0, 0.1) is 6.92 Å². The lowest BCUT2D eigenvalue weighted by atomic mass is 10.2. The molecule has 0 saturated carbocycles. The molecule has 0 spiro atoms. The molecule has 0 fully saturated rings. The molecule has 1 aromatic carbocycles. The third-order valence-electron chi connectivity index (χ3n) is 2.35. The molecule has 1 heterocycles. The third-order valence-corrected chi connectivity index (χ3v) is 3.23. The molecule has 1 aromatic heterocycles. The molecule has 0 aliphatic rings. The minimum Gasteiger partial charge on any atom is -0.398 e. The summed E-state index contributed by atoms with van der Waals surface area (Å²) in [7, 11) is 0. The van der Waals surface area contributed by atoms with Crippen LogP contribution in [0.2, 0.25) is 0 Å². The number of aryl methyl sites for hydroxylation is 1. The average molecular weight is 276 g/mol. The van der Waals surface area contributed by atoms with Crippen molar-refractivity contribution >= 4 is 23.4 Å². The van der Waals surface area contributed by atoms with Crippen LogP contribution in [0.15, 0.2) is 39.1 Å². The maximum atomic E-state index is 11.3. The van der Waals surface area contributed by atoms with Crippen molar-refractivity contribution in [2.45, 2.75) is 17.0 Å². The summed E-state index contributed by atoms with van der Waals surface area (Å²) in [6, 6.07) is 6.30. The number of nitrogens with zero attached hydrogens (tertiary/aromatic N) is 1. The first-order chi connectivity index (χ1) is 8.95. The second kappa shape index (κ2) is 5.15. The number of carbonyl (C=O) groups is 1. The SMILES string of the molecule is Cc1cc(=O)[nH]c(Sc2ccc(N)c(C(N)=O)c2)n1. The summed E-state index contributed by atoms with van der Waals surface area (Å²) < 4.78 is 0. The number of amides is 1. The molecular formula is C12H12N4O2S. The molecule has 6 nitrogen and oxygen atoms in total. The van der Waals surface area contributed by atoms with E-state index in [1.54, 1.807) is 25.1 Å². The molecule has 0 unspecified atom stereocenters. The monoisotopic (exact) mass is 276 g/mol. The summed E-state index contributed by atoms with van der Waals surface area (Å²) >= 11 is 1.23. The van der Waals surface area contributed by atoms with Crippen molar-refractivity contribution in [3.8, 4) is 0 Å². The Morgan fingerprint density at radius 1 is 1.37 bits per heavy atom. The number of hydrogen-bond donors (Lipinski definition) is 3. The van der Waals surface area contributed by atoms with Gasteiger partial charge >= 0.3 is 0 Å². The Kier molecular flexibility index (Phi) is 3.57. The molecule has 5 N–H and O–H groups in total. The summed E-state index contributed by atoms with van der Waals surface area (Å²) in [6.45, 7) is 1.73. The van der Waals surface area contributed by atoms with Crippen LogP contribution in [-0.4, -0.2) is 15.9 Å². The van der Waals surface area contributed by atoms with Crippen LogP contribution in [0.25, 0.3) is 0 Å². The van der Waals surface area contributed by atoms with Gasteiger partial charge in [0.1, 0.15) is 0 Å². The van der Waals surface area contributed by atoms with E-state index in [9.17, 15) is 9.59 Å². The number of H-pyrrole nitrogens is 1. The minimum absolute atomic E-state index is 0.222. The number of nitrogens with one attached hydrogen (secondary N) is 1. The van der Waals surface area contributed by atoms with E-state index in [0.29, 0.717) is 16.5 Å². The largest absolute Gasteiger partial charge is 0.398 e. The maximum Gasteiger partial charge on any atom is 0.251 e. The Hall–Kier alpha value is -2.28. The lowest BCUT2D eigenvalue weighted by Gasteiger charge is -2.05. The standard InChI is InChI=1S/C12H12N4O2S/c1-6-4-10(17)16-12(15-6)19-7-2-3-9(13)8(5-7)11(14)18/h2-5H,13H2,1H3,(H2,14,18)(H,15,16,17). The van der Waals surface area contributed by atoms with Crippen molar-refractivity contribution in [3.05, 3.63) is 45.9 Å². The molecule has 2 rings (SSSR count). The van der Waals surface area contributed by atoms with Gasteiger partial charge in [-0.2, -0.15) is 0 Å². The van der Waals surface area contributed by atoms with Crippen LogP contribution in [0.3, 0.4) is 0 Å². The fourth-order valence-corrected chi connectivity index (χ4v) is 2.40. The number of aromatic nitrogens is 2. The van der Waals surface area contributed by atoms with Crippen molar-refractivity contribution in [1.82, 2.24) is 9.97 Å². The summed E-state index contributed by atoms with van der Waals surface area (Å²) in [6.07, 6.45) is 0. The van der Waals surface area contributed by atoms with E-state index in [-0.39, 0.29) is 11.1 Å². The van der Waals surface area contributed by atoms with E-state index < -0.39 is 5.91 Å². The van der Waals surface area contributed by atoms with Gasteiger partial charge in [-0.3, -0.25) is 9.59 Å². The van der Waals surface area contributed by atoms with Crippen molar-refractivity contribution in [2.75, 3.05) is 5.73 Å². The minimum atomic E-state index is -0.592. The Morgan fingerprint density at radius 3 is 2.74 bits per heavy atom. The molecule has 0 radical (unpaired) electrons. The van der Waals surface area contributed by atoms with Crippen LogP contribution in [-0.2, 0) is 0 Å². The van der Waals surface area contributed by atoms with E-state index >= 15 is 0 Å². The molecule has 7 heteroatoms. The van der Waals surface area contributed by atoms with Crippen LogP contribution < -0.4 is 17.0 Å². The Bertz CT molecular complexity index is 696. The predicted octanol–water partition coefficient (Wildman–Crippen LogP) is 0.911. The highest BCUT2D eigenvalue weighted by molar-refractivity contribution is 7.99. The Balaban J connectivity index is 2.36. The molecular weight excluding hydrogens is 264 g/mol. The first-order valence-corrected chi connectivity index (χ1v) is 6.22. The van der Waals surface area contributed by atoms with Crippen LogP contribution in [0.1, 0.15) is 16.1 Å². The summed E-state index contributed by atoms with van der Waals surface area (Å²) in [5.41, 5.74) is 11.8. The van der Waals surface area contributed by atoms with Gasteiger partial charge in [-0.05, 0) is 25.1 Å². The number of benzene rings is 1. The third kappa shape index (κ3) is 3.14. The number of rotatable bonds is 3. The molecule has 19 heavy (non-hydrogen) atoms. The van der Waals surface area contributed by atoms with E-state index in [1.807, 2.05) is 0 Å². The van der Waals surface area contributed by atoms with E-state index in [2.05, 4.69) is 9.97 Å². The molecule has 0 aliphatic carbocycles. The van der Waals surface area contributed by atoms with Crippen LogP contribution in [0.4, 0.5) is 5.69 Å². The first kappa shape index (κ1) is 13.2. The number of aromatic amines is 1. The number of hydrogen-bond acceptors (Lipinski definition) is 5. The topological polar surface area (TPSA) is 115 Å². The van der Waals surface area contributed by atoms with Gasteiger partial charge in [0, 0.05) is 22.3 Å². The van der Waals surface area contributed by atoms with Gasteiger partial charge in [-0.1, -0.05) is 11.8 Å². The predicted molar refractivity (Wildman–Crippen MR) is 73.1 cm³/mol. The summed E-state index contributed by atoms with van der Waals surface area (Å²) in [5.74, 6) is -0.592. The van der Waals surface area contributed by atoms with Gasteiger partial charge in [0.2, 0.25) is 0 Å². The van der Waals surface area contributed by atoms with Crippen molar-refractivity contribution < 1.29 is 4.79 Å². The van der Waals surface area contributed by atoms with E-state index in [4.69, 9.17) is 11.5 Å². The van der Waals surface area contributed by atoms with Gasteiger partial charge in [0.25, 0.3) is 11.5 Å². The number of anilines is 1. The zero-order chi connectivity index (χ0) is 14.0. The maximum absolute atomic E-state index is 11.3.